The van der Waals surface area contributed by atoms with Crippen molar-refractivity contribution in [3.05, 3.63) is 29.8 Å². The maximum absolute atomic E-state index is 13.3. The van der Waals surface area contributed by atoms with Gasteiger partial charge in [-0.1, -0.05) is 18.9 Å². The first-order valence-electron chi connectivity index (χ1n) is 6.64. The second-order valence-corrected chi connectivity index (χ2v) is 4.82. The predicted molar refractivity (Wildman–Crippen MR) is 69.9 cm³/mol. The second-order valence-electron chi connectivity index (χ2n) is 4.82. The highest BCUT2D eigenvalue weighted by atomic mass is 19.1. The highest BCUT2D eigenvalue weighted by Gasteiger charge is 2.16. The molecule has 1 aliphatic carbocycles. The molecular formula is C14H18F2N2O. The largest absolute Gasteiger partial charge is 0.380 e. The van der Waals surface area contributed by atoms with Crippen LogP contribution in [0.25, 0.3) is 0 Å². The minimum atomic E-state index is -0.642. The Labute approximate surface area is 111 Å². The number of anilines is 1. The molecule has 1 saturated carbocycles. The quantitative estimate of drug-likeness (QED) is 0.862. The Bertz CT molecular complexity index is 425. The normalized spacial score (nSPS) is 15.5. The topological polar surface area (TPSA) is 41.1 Å². The molecule has 1 amide bonds. The van der Waals surface area contributed by atoms with Gasteiger partial charge < -0.3 is 10.6 Å². The van der Waals surface area contributed by atoms with Gasteiger partial charge in [-0.3, -0.25) is 4.79 Å². The minimum Gasteiger partial charge on any atom is -0.380 e. The van der Waals surface area contributed by atoms with Crippen LogP contribution >= 0.6 is 0 Å². The number of benzene rings is 1. The van der Waals surface area contributed by atoms with E-state index in [-0.39, 0.29) is 30.6 Å². The van der Waals surface area contributed by atoms with Gasteiger partial charge in [0.05, 0.1) is 0 Å². The number of hydrogen-bond acceptors (Lipinski definition) is 2. The van der Waals surface area contributed by atoms with Gasteiger partial charge in [0, 0.05) is 19.0 Å². The third-order valence-corrected chi connectivity index (χ3v) is 3.34. The number of para-hydroxylation sites is 1. The smallest absolute Gasteiger partial charge is 0.221 e. The zero-order valence-corrected chi connectivity index (χ0v) is 10.7. The van der Waals surface area contributed by atoms with E-state index >= 15 is 0 Å². The van der Waals surface area contributed by atoms with E-state index in [1.54, 1.807) is 0 Å². The monoisotopic (exact) mass is 268 g/mol. The molecule has 0 saturated heterocycles. The van der Waals surface area contributed by atoms with Gasteiger partial charge in [-0.15, -0.1) is 0 Å². The lowest BCUT2D eigenvalue weighted by molar-refractivity contribution is -0.121. The van der Waals surface area contributed by atoms with Crippen LogP contribution in [0.4, 0.5) is 14.5 Å². The molecule has 19 heavy (non-hydrogen) atoms. The fourth-order valence-electron chi connectivity index (χ4n) is 2.34. The van der Waals surface area contributed by atoms with Crippen molar-refractivity contribution in [1.29, 1.82) is 0 Å². The van der Waals surface area contributed by atoms with E-state index in [0.29, 0.717) is 0 Å². The first-order chi connectivity index (χ1) is 9.16. The molecule has 0 atom stereocenters. The summed E-state index contributed by atoms with van der Waals surface area (Å²) in [6, 6.07) is 3.95. The molecule has 1 aromatic rings. The second kappa shape index (κ2) is 6.50. The van der Waals surface area contributed by atoms with E-state index in [2.05, 4.69) is 10.6 Å². The summed E-state index contributed by atoms with van der Waals surface area (Å²) in [6.45, 7) is 0.219. The average molecular weight is 268 g/mol. The van der Waals surface area contributed by atoms with Crippen LogP contribution in [0.1, 0.15) is 32.1 Å². The highest BCUT2D eigenvalue weighted by molar-refractivity contribution is 5.76. The Morgan fingerprint density at radius 1 is 1.21 bits per heavy atom. The summed E-state index contributed by atoms with van der Waals surface area (Å²) in [5.74, 6) is -1.36. The van der Waals surface area contributed by atoms with Gasteiger partial charge in [-0.2, -0.15) is 0 Å². The summed E-state index contributed by atoms with van der Waals surface area (Å²) in [4.78, 5) is 11.6. The van der Waals surface area contributed by atoms with Crippen LogP contribution in [0.5, 0.6) is 0 Å². The zero-order chi connectivity index (χ0) is 13.7. The first kappa shape index (κ1) is 13.8. The van der Waals surface area contributed by atoms with E-state index in [1.165, 1.54) is 18.2 Å². The summed E-state index contributed by atoms with van der Waals surface area (Å²) in [6.07, 6.45) is 4.58. The lowest BCUT2D eigenvalue weighted by Gasteiger charge is -2.12. The summed E-state index contributed by atoms with van der Waals surface area (Å²) in [5, 5.41) is 5.55. The molecule has 0 aromatic heterocycles. The molecule has 0 aliphatic heterocycles. The lowest BCUT2D eigenvalue weighted by atomic mass is 10.2. The Morgan fingerprint density at radius 2 is 1.84 bits per heavy atom. The van der Waals surface area contributed by atoms with Gasteiger partial charge in [0.25, 0.3) is 0 Å². The molecule has 3 nitrogen and oxygen atoms in total. The SMILES string of the molecule is O=C(CCNc1c(F)cccc1F)NC1CCCC1. The average Bonchev–Trinajstić information content (AvgIpc) is 2.85. The van der Waals surface area contributed by atoms with Gasteiger partial charge in [0.15, 0.2) is 0 Å². The van der Waals surface area contributed by atoms with E-state index in [9.17, 15) is 13.6 Å². The van der Waals surface area contributed by atoms with E-state index in [0.717, 1.165) is 25.7 Å². The Morgan fingerprint density at radius 3 is 2.47 bits per heavy atom. The minimum absolute atomic E-state index is 0.0730. The van der Waals surface area contributed by atoms with Crippen molar-refractivity contribution < 1.29 is 13.6 Å². The van der Waals surface area contributed by atoms with Gasteiger partial charge in [-0.25, -0.2) is 8.78 Å². The third-order valence-electron chi connectivity index (χ3n) is 3.34. The maximum Gasteiger partial charge on any atom is 0.221 e. The fraction of sp³-hybridized carbons (Fsp3) is 0.500. The third kappa shape index (κ3) is 3.91. The molecule has 1 fully saturated rings. The standard InChI is InChI=1S/C14H18F2N2O/c15-11-6-3-7-12(16)14(11)17-9-8-13(19)18-10-4-1-2-5-10/h3,6-7,10,17H,1-2,4-5,8-9H2,(H,18,19). The van der Waals surface area contributed by atoms with Gasteiger partial charge >= 0.3 is 0 Å². The van der Waals surface area contributed by atoms with Crippen LogP contribution in [-0.2, 0) is 4.79 Å². The lowest BCUT2D eigenvalue weighted by Crippen LogP contribution is -2.33. The van der Waals surface area contributed by atoms with Crippen LogP contribution in [0.3, 0.4) is 0 Å². The Kier molecular flexibility index (Phi) is 4.71. The van der Waals surface area contributed by atoms with E-state index < -0.39 is 11.6 Å². The highest BCUT2D eigenvalue weighted by Crippen LogP contribution is 2.18. The van der Waals surface area contributed by atoms with Crippen molar-refractivity contribution in [1.82, 2.24) is 5.32 Å². The molecular weight excluding hydrogens is 250 g/mol. The number of carbonyl (C=O) groups is 1. The number of rotatable bonds is 5. The van der Waals surface area contributed by atoms with E-state index in [1.807, 2.05) is 0 Å². The van der Waals surface area contributed by atoms with E-state index in [4.69, 9.17) is 0 Å². The van der Waals surface area contributed by atoms with Crippen molar-refractivity contribution >= 4 is 11.6 Å². The van der Waals surface area contributed by atoms with Crippen LogP contribution in [-0.4, -0.2) is 18.5 Å². The molecule has 1 aliphatic rings. The van der Waals surface area contributed by atoms with Crippen molar-refractivity contribution in [2.75, 3.05) is 11.9 Å². The number of nitrogens with one attached hydrogen (secondary N) is 2. The van der Waals surface area contributed by atoms with Crippen molar-refractivity contribution in [2.24, 2.45) is 0 Å². The number of halogens is 2. The Balaban J connectivity index is 1.75. The van der Waals surface area contributed by atoms with Crippen molar-refractivity contribution in [2.45, 2.75) is 38.1 Å². The predicted octanol–water partition coefficient (Wildman–Crippen LogP) is 2.83. The van der Waals surface area contributed by atoms with Crippen molar-refractivity contribution in [3.63, 3.8) is 0 Å². The zero-order valence-electron chi connectivity index (χ0n) is 10.7. The number of amides is 1. The maximum atomic E-state index is 13.3. The molecule has 2 rings (SSSR count). The molecule has 104 valence electrons. The first-order valence-corrected chi connectivity index (χ1v) is 6.64. The van der Waals surface area contributed by atoms with Crippen LogP contribution in [0.2, 0.25) is 0 Å². The van der Waals surface area contributed by atoms with Crippen LogP contribution in [0, 0.1) is 11.6 Å². The fourth-order valence-corrected chi connectivity index (χ4v) is 2.34. The molecule has 2 N–H and O–H groups in total. The Hall–Kier alpha value is -1.65. The van der Waals surface area contributed by atoms with Crippen LogP contribution < -0.4 is 10.6 Å². The van der Waals surface area contributed by atoms with Crippen LogP contribution in [0.15, 0.2) is 18.2 Å². The van der Waals surface area contributed by atoms with Gasteiger partial charge in [-0.05, 0) is 25.0 Å². The molecule has 1 aromatic carbocycles. The van der Waals surface area contributed by atoms with Crippen molar-refractivity contribution in [3.8, 4) is 0 Å². The molecule has 0 radical (unpaired) electrons. The molecule has 0 heterocycles. The summed E-state index contributed by atoms with van der Waals surface area (Å²) in [5.41, 5.74) is -0.170. The summed E-state index contributed by atoms with van der Waals surface area (Å²) >= 11 is 0. The number of hydrogen-bond donors (Lipinski definition) is 2. The summed E-state index contributed by atoms with van der Waals surface area (Å²) < 4.78 is 26.6. The molecule has 5 heteroatoms. The molecule has 0 unspecified atom stereocenters. The molecule has 0 spiro atoms. The van der Waals surface area contributed by atoms with Gasteiger partial charge in [0.1, 0.15) is 17.3 Å². The molecule has 0 bridgehead atoms. The summed E-state index contributed by atoms with van der Waals surface area (Å²) in [7, 11) is 0. The number of carbonyl (C=O) groups excluding carboxylic acids is 1. The van der Waals surface area contributed by atoms with Gasteiger partial charge in [0.2, 0.25) is 5.91 Å².